The van der Waals surface area contributed by atoms with Crippen LogP contribution in [0.2, 0.25) is 10.0 Å². The lowest BCUT2D eigenvalue weighted by Gasteiger charge is -2.15. The highest BCUT2D eigenvalue weighted by molar-refractivity contribution is 6.32. The number of rotatable bonds is 6. The summed E-state index contributed by atoms with van der Waals surface area (Å²) in [7, 11) is 0. The van der Waals surface area contributed by atoms with Crippen molar-refractivity contribution >= 4 is 23.2 Å². The second-order valence-corrected chi connectivity index (χ2v) is 5.30. The number of aliphatic hydroxyl groups excluding tert-OH is 1. The van der Waals surface area contributed by atoms with Gasteiger partial charge in [-0.25, -0.2) is 4.39 Å². The quantitative estimate of drug-likeness (QED) is 0.831. The van der Waals surface area contributed by atoms with Gasteiger partial charge in [-0.3, -0.25) is 0 Å². The third-order valence-electron chi connectivity index (χ3n) is 2.97. The van der Waals surface area contributed by atoms with E-state index < -0.39 is 5.82 Å². The second kappa shape index (κ2) is 7.68. The van der Waals surface area contributed by atoms with Gasteiger partial charge in [-0.2, -0.15) is 0 Å². The van der Waals surface area contributed by atoms with Gasteiger partial charge in [0.05, 0.1) is 23.3 Å². The third kappa shape index (κ3) is 3.83. The zero-order chi connectivity index (χ0) is 16.1. The van der Waals surface area contributed by atoms with Gasteiger partial charge in [0.25, 0.3) is 0 Å². The van der Waals surface area contributed by atoms with Crippen LogP contribution < -0.4 is 9.47 Å². The van der Waals surface area contributed by atoms with Crippen molar-refractivity contribution in [2.75, 3.05) is 6.61 Å². The van der Waals surface area contributed by atoms with Gasteiger partial charge in [0, 0.05) is 5.56 Å². The van der Waals surface area contributed by atoms with Crippen molar-refractivity contribution < 1.29 is 19.0 Å². The van der Waals surface area contributed by atoms with Gasteiger partial charge >= 0.3 is 0 Å². The first-order valence-electron chi connectivity index (χ1n) is 6.68. The van der Waals surface area contributed by atoms with Crippen molar-refractivity contribution in [2.24, 2.45) is 0 Å². The lowest BCUT2D eigenvalue weighted by molar-refractivity contribution is 0.261. The van der Waals surface area contributed by atoms with Gasteiger partial charge in [-0.15, -0.1) is 0 Å². The molecule has 0 heterocycles. The fraction of sp³-hybridized carbons (Fsp3) is 0.250. The molecular formula is C16H15Cl2FO3. The van der Waals surface area contributed by atoms with Gasteiger partial charge in [0.15, 0.2) is 11.5 Å². The molecule has 1 N–H and O–H groups in total. The van der Waals surface area contributed by atoms with E-state index in [0.717, 1.165) is 0 Å². The Morgan fingerprint density at radius 3 is 2.55 bits per heavy atom. The summed E-state index contributed by atoms with van der Waals surface area (Å²) in [5.41, 5.74) is 0.846. The summed E-state index contributed by atoms with van der Waals surface area (Å²) >= 11 is 12.1. The molecule has 118 valence electrons. The predicted octanol–water partition coefficient (Wildman–Crippen LogP) is 4.60. The monoisotopic (exact) mass is 344 g/mol. The normalized spacial score (nSPS) is 10.6. The fourth-order valence-electron chi connectivity index (χ4n) is 1.93. The molecular weight excluding hydrogens is 330 g/mol. The molecule has 0 aliphatic heterocycles. The van der Waals surface area contributed by atoms with Crippen LogP contribution in [0.1, 0.15) is 18.1 Å². The predicted molar refractivity (Wildman–Crippen MR) is 84.3 cm³/mol. The molecule has 0 amide bonds. The van der Waals surface area contributed by atoms with Crippen LogP contribution >= 0.6 is 23.2 Å². The van der Waals surface area contributed by atoms with E-state index in [4.69, 9.17) is 32.7 Å². The zero-order valence-corrected chi connectivity index (χ0v) is 13.4. The van der Waals surface area contributed by atoms with Crippen molar-refractivity contribution in [1.82, 2.24) is 0 Å². The average Bonchev–Trinajstić information content (AvgIpc) is 2.48. The van der Waals surface area contributed by atoms with E-state index in [-0.39, 0.29) is 28.8 Å². The van der Waals surface area contributed by atoms with Crippen LogP contribution in [-0.4, -0.2) is 11.7 Å². The molecule has 0 atom stereocenters. The van der Waals surface area contributed by atoms with E-state index in [2.05, 4.69) is 0 Å². The van der Waals surface area contributed by atoms with Crippen molar-refractivity contribution in [2.45, 2.75) is 20.1 Å². The molecule has 0 aliphatic carbocycles. The molecule has 0 spiro atoms. The maximum atomic E-state index is 13.8. The van der Waals surface area contributed by atoms with Crippen LogP contribution in [0.3, 0.4) is 0 Å². The van der Waals surface area contributed by atoms with Gasteiger partial charge in [-0.05, 0) is 36.8 Å². The SMILES string of the molecule is CCOc1cc(CO)cc(Cl)c1OCc1c(F)cccc1Cl. The van der Waals surface area contributed by atoms with E-state index in [9.17, 15) is 9.50 Å². The average molecular weight is 345 g/mol. The summed E-state index contributed by atoms with van der Waals surface area (Å²) < 4.78 is 24.8. The lowest BCUT2D eigenvalue weighted by atomic mass is 10.2. The molecule has 0 bridgehead atoms. The minimum atomic E-state index is -0.450. The summed E-state index contributed by atoms with van der Waals surface area (Å²) in [5.74, 6) is 0.236. The Morgan fingerprint density at radius 2 is 1.91 bits per heavy atom. The molecule has 2 aromatic rings. The maximum Gasteiger partial charge on any atom is 0.180 e. The molecule has 0 saturated heterocycles. The number of aliphatic hydroxyl groups is 1. The van der Waals surface area contributed by atoms with E-state index in [1.54, 1.807) is 18.2 Å². The first kappa shape index (κ1) is 16.9. The van der Waals surface area contributed by atoms with Crippen LogP contribution in [0.25, 0.3) is 0 Å². The molecule has 2 rings (SSSR count). The Kier molecular flexibility index (Phi) is 5.89. The van der Waals surface area contributed by atoms with E-state index in [1.807, 2.05) is 6.92 Å². The number of halogens is 3. The molecule has 0 aliphatic rings. The van der Waals surface area contributed by atoms with Crippen LogP contribution in [0, 0.1) is 5.82 Å². The number of hydrogen-bond acceptors (Lipinski definition) is 3. The largest absolute Gasteiger partial charge is 0.490 e. The Labute approximate surface area is 138 Å². The van der Waals surface area contributed by atoms with Crippen LogP contribution in [0.4, 0.5) is 4.39 Å². The molecule has 0 aromatic heterocycles. The second-order valence-electron chi connectivity index (χ2n) is 4.48. The van der Waals surface area contributed by atoms with Gasteiger partial charge < -0.3 is 14.6 Å². The highest BCUT2D eigenvalue weighted by atomic mass is 35.5. The van der Waals surface area contributed by atoms with E-state index >= 15 is 0 Å². The first-order chi connectivity index (χ1) is 10.6. The molecule has 6 heteroatoms. The fourth-order valence-corrected chi connectivity index (χ4v) is 2.44. The lowest BCUT2D eigenvalue weighted by Crippen LogP contribution is -2.03. The van der Waals surface area contributed by atoms with Crippen molar-refractivity contribution in [3.8, 4) is 11.5 Å². The summed E-state index contributed by atoms with van der Waals surface area (Å²) in [6.07, 6.45) is 0. The third-order valence-corrected chi connectivity index (χ3v) is 3.61. The topological polar surface area (TPSA) is 38.7 Å². The molecule has 0 radical (unpaired) electrons. The Bertz CT molecular complexity index is 642. The summed E-state index contributed by atoms with van der Waals surface area (Å²) in [4.78, 5) is 0. The smallest absolute Gasteiger partial charge is 0.180 e. The van der Waals surface area contributed by atoms with E-state index in [1.165, 1.54) is 12.1 Å². The minimum Gasteiger partial charge on any atom is -0.490 e. The van der Waals surface area contributed by atoms with E-state index in [0.29, 0.717) is 23.7 Å². The molecule has 0 saturated carbocycles. The summed E-state index contributed by atoms with van der Waals surface area (Å²) in [6.45, 7) is 1.97. The highest BCUT2D eigenvalue weighted by Crippen LogP contribution is 2.37. The zero-order valence-electron chi connectivity index (χ0n) is 11.9. The molecule has 0 unspecified atom stereocenters. The van der Waals surface area contributed by atoms with Crippen molar-refractivity contribution in [3.63, 3.8) is 0 Å². The number of benzene rings is 2. The summed E-state index contributed by atoms with van der Waals surface area (Å²) in [6, 6.07) is 7.62. The minimum absolute atomic E-state index is 0.0796. The molecule has 0 fully saturated rings. The molecule has 3 nitrogen and oxygen atoms in total. The molecule has 22 heavy (non-hydrogen) atoms. The van der Waals surface area contributed by atoms with Crippen LogP contribution in [0.15, 0.2) is 30.3 Å². The van der Waals surface area contributed by atoms with Crippen molar-refractivity contribution in [1.29, 1.82) is 0 Å². The number of hydrogen-bond donors (Lipinski definition) is 1. The van der Waals surface area contributed by atoms with Crippen molar-refractivity contribution in [3.05, 3.63) is 57.3 Å². The standard InChI is InChI=1S/C16H15Cl2FO3/c1-2-21-15-7-10(8-20)6-13(18)16(15)22-9-11-12(17)4-3-5-14(11)19/h3-7,20H,2,8-9H2,1H3. The maximum absolute atomic E-state index is 13.8. The van der Waals surface area contributed by atoms with Crippen LogP contribution in [0.5, 0.6) is 11.5 Å². The molecule has 2 aromatic carbocycles. The summed E-state index contributed by atoms with van der Waals surface area (Å²) in [5, 5.41) is 9.76. The van der Waals surface area contributed by atoms with Crippen LogP contribution in [-0.2, 0) is 13.2 Å². The van der Waals surface area contributed by atoms with Gasteiger partial charge in [0.2, 0.25) is 0 Å². The Morgan fingerprint density at radius 1 is 1.14 bits per heavy atom. The highest BCUT2D eigenvalue weighted by Gasteiger charge is 2.15. The first-order valence-corrected chi connectivity index (χ1v) is 7.44. The Hall–Kier alpha value is -1.49. The van der Waals surface area contributed by atoms with Gasteiger partial charge in [0.1, 0.15) is 12.4 Å². The van der Waals surface area contributed by atoms with Gasteiger partial charge in [-0.1, -0.05) is 29.3 Å². The Balaban J connectivity index is 2.29. The number of ether oxygens (including phenoxy) is 2.